The number of aromatic carboxylic acids is 1. The van der Waals surface area contributed by atoms with Gasteiger partial charge >= 0.3 is 5.97 Å². The second kappa shape index (κ2) is 13.1. The second-order valence-electron chi connectivity index (χ2n) is 13.6. The standard InChI is InChI=1S/C37H43N5O3S2/c1-22-35(46-23(2)38-22)29-15-12-26-17-27(13-14-28(26)39-29)34-33(25-10-6-5-7-11-25)36-30(18-31(47-36)37(44)45)42(34)21-32(43)41(4)20-24-9-8-16-40(3)19-24/h12-15,17-18,24-25H,5-11,16,19-21H2,1-4H3,(H,44,45). The van der Waals surface area contributed by atoms with E-state index in [2.05, 4.69) is 51.8 Å². The minimum absolute atomic E-state index is 0.0527. The number of nitrogens with zero attached hydrogens (tertiary/aromatic N) is 5. The number of aryl methyl sites for hydroxylation is 2. The number of carboxylic acids is 1. The number of carboxylic acid groups (broad SMARTS) is 1. The van der Waals surface area contributed by atoms with Crippen LogP contribution in [-0.2, 0) is 11.3 Å². The molecule has 1 aromatic carbocycles. The molecular formula is C37H43N5O3S2. The van der Waals surface area contributed by atoms with Crippen molar-refractivity contribution in [1.82, 2.24) is 24.3 Å². The van der Waals surface area contributed by atoms with Gasteiger partial charge in [0.2, 0.25) is 5.91 Å². The molecule has 5 aromatic rings. The number of carbonyl (C=O) groups excluding carboxylic acids is 1. The minimum Gasteiger partial charge on any atom is -0.477 e. The van der Waals surface area contributed by atoms with E-state index in [4.69, 9.17) is 4.98 Å². The summed E-state index contributed by atoms with van der Waals surface area (Å²) >= 11 is 3.02. The summed E-state index contributed by atoms with van der Waals surface area (Å²) in [6.45, 7) is 7.07. The second-order valence-corrected chi connectivity index (χ2v) is 15.9. The average molecular weight is 670 g/mol. The third-order valence-electron chi connectivity index (χ3n) is 10.1. The summed E-state index contributed by atoms with van der Waals surface area (Å²) in [6, 6.07) is 12.4. The van der Waals surface area contributed by atoms with Crippen molar-refractivity contribution in [3.05, 3.63) is 57.5 Å². The molecule has 1 atom stereocenters. The number of likely N-dealkylation sites (tertiary alicyclic amines) is 1. The highest BCUT2D eigenvalue weighted by atomic mass is 32.1. The maximum atomic E-state index is 14.0. The summed E-state index contributed by atoms with van der Waals surface area (Å²) in [4.78, 5) is 41.5. The van der Waals surface area contributed by atoms with Gasteiger partial charge in [-0.15, -0.1) is 22.7 Å². The molecule has 47 heavy (non-hydrogen) atoms. The average Bonchev–Trinajstić information content (AvgIpc) is 3.73. The first-order valence-electron chi connectivity index (χ1n) is 16.8. The third kappa shape index (κ3) is 6.35. The predicted octanol–water partition coefficient (Wildman–Crippen LogP) is 8.20. The monoisotopic (exact) mass is 669 g/mol. The fourth-order valence-corrected chi connectivity index (χ4v) is 9.85. The van der Waals surface area contributed by atoms with Gasteiger partial charge in [0.1, 0.15) is 11.4 Å². The first-order chi connectivity index (χ1) is 22.7. The number of thiophene rings is 1. The molecule has 0 radical (unpaired) electrons. The maximum Gasteiger partial charge on any atom is 0.345 e. The van der Waals surface area contributed by atoms with Crippen LogP contribution in [0.3, 0.4) is 0 Å². The predicted molar refractivity (Wildman–Crippen MR) is 192 cm³/mol. The highest BCUT2D eigenvalue weighted by molar-refractivity contribution is 7.21. The SMILES string of the molecule is Cc1nc(C)c(-c2ccc3cc(-c4c(C5CCCCC5)c5sc(C(=O)O)cc5n4CC(=O)N(C)CC4CCCN(C)C4)ccc3n2)s1. The molecule has 1 unspecified atom stereocenters. The lowest BCUT2D eigenvalue weighted by molar-refractivity contribution is -0.131. The Bertz CT molecular complexity index is 1970. The first kappa shape index (κ1) is 32.0. The summed E-state index contributed by atoms with van der Waals surface area (Å²) in [7, 11) is 4.07. The molecule has 0 spiro atoms. The molecule has 8 nitrogen and oxygen atoms in total. The molecule has 7 rings (SSSR count). The number of hydrogen-bond acceptors (Lipinski definition) is 7. The number of likely N-dealkylation sites (N-methyl/N-ethyl adjacent to an activating group) is 1. The van der Waals surface area contributed by atoms with Gasteiger partial charge in [-0.1, -0.05) is 31.4 Å². The van der Waals surface area contributed by atoms with Gasteiger partial charge in [0.05, 0.1) is 42.7 Å². The van der Waals surface area contributed by atoms with Gasteiger partial charge in [0.15, 0.2) is 0 Å². The maximum absolute atomic E-state index is 14.0. The van der Waals surface area contributed by atoms with Gasteiger partial charge in [-0.25, -0.2) is 14.8 Å². The molecule has 5 heterocycles. The lowest BCUT2D eigenvalue weighted by atomic mass is 9.83. The highest BCUT2D eigenvalue weighted by Gasteiger charge is 2.31. The number of thiazole rings is 1. The number of fused-ring (bicyclic) bond motifs is 2. The smallest absolute Gasteiger partial charge is 0.345 e. The van der Waals surface area contributed by atoms with Crippen molar-refractivity contribution in [3.8, 4) is 21.8 Å². The number of hydrogen-bond donors (Lipinski definition) is 1. The van der Waals surface area contributed by atoms with Crippen LogP contribution in [0.1, 0.15) is 76.8 Å². The van der Waals surface area contributed by atoms with Crippen molar-refractivity contribution in [2.24, 2.45) is 5.92 Å². The number of rotatable bonds is 8. The Morgan fingerprint density at radius 3 is 2.53 bits per heavy atom. The van der Waals surface area contributed by atoms with Gasteiger partial charge in [0, 0.05) is 25.5 Å². The van der Waals surface area contributed by atoms with E-state index < -0.39 is 5.97 Å². The van der Waals surface area contributed by atoms with Gasteiger partial charge in [-0.05, 0) is 100 Å². The Kier molecular flexibility index (Phi) is 8.93. The Morgan fingerprint density at radius 2 is 1.81 bits per heavy atom. The van der Waals surface area contributed by atoms with Crippen molar-refractivity contribution in [2.75, 3.05) is 33.7 Å². The molecule has 1 aliphatic heterocycles. The Balaban J connectivity index is 1.33. The molecule has 1 saturated carbocycles. The van der Waals surface area contributed by atoms with E-state index in [0.717, 1.165) is 112 Å². The van der Waals surface area contributed by atoms with Crippen LogP contribution in [-0.4, -0.2) is 75.0 Å². The number of benzene rings is 1. The molecule has 2 fully saturated rings. The van der Waals surface area contributed by atoms with Crippen LogP contribution in [0.25, 0.3) is 42.9 Å². The molecule has 1 aliphatic carbocycles. The summed E-state index contributed by atoms with van der Waals surface area (Å²) < 4.78 is 3.14. The fourth-order valence-electron chi connectivity index (χ4n) is 7.83. The number of piperidine rings is 1. The van der Waals surface area contributed by atoms with Crippen LogP contribution in [0.4, 0.5) is 0 Å². The van der Waals surface area contributed by atoms with E-state index in [0.29, 0.717) is 16.7 Å². The molecule has 10 heteroatoms. The van der Waals surface area contributed by atoms with Crippen LogP contribution < -0.4 is 0 Å². The van der Waals surface area contributed by atoms with E-state index in [9.17, 15) is 14.7 Å². The molecule has 246 valence electrons. The van der Waals surface area contributed by atoms with Gasteiger partial charge in [0.25, 0.3) is 0 Å². The zero-order chi connectivity index (χ0) is 32.8. The van der Waals surface area contributed by atoms with E-state index >= 15 is 0 Å². The highest BCUT2D eigenvalue weighted by Crippen LogP contribution is 2.47. The minimum atomic E-state index is -0.919. The Labute approximate surface area is 284 Å². The number of amides is 1. The zero-order valence-corrected chi connectivity index (χ0v) is 29.3. The largest absolute Gasteiger partial charge is 0.477 e. The van der Waals surface area contributed by atoms with Crippen molar-refractivity contribution < 1.29 is 14.7 Å². The summed E-state index contributed by atoms with van der Waals surface area (Å²) in [5.74, 6) is -0.0863. The van der Waals surface area contributed by atoms with Crippen LogP contribution in [0.15, 0.2) is 36.4 Å². The van der Waals surface area contributed by atoms with Crippen molar-refractivity contribution >= 4 is 55.7 Å². The summed E-state index contributed by atoms with van der Waals surface area (Å²) in [6.07, 6.45) is 7.98. The first-order valence-corrected chi connectivity index (χ1v) is 18.5. The summed E-state index contributed by atoms with van der Waals surface area (Å²) in [5.41, 5.74) is 7.00. The topological polar surface area (TPSA) is 91.6 Å². The van der Waals surface area contributed by atoms with Crippen molar-refractivity contribution in [1.29, 1.82) is 0 Å². The van der Waals surface area contributed by atoms with Crippen molar-refractivity contribution in [3.63, 3.8) is 0 Å². The number of aromatic nitrogens is 3. The molecule has 1 amide bonds. The van der Waals surface area contributed by atoms with E-state index in [-0.39, 0.29) is 12.5 Å². The number of pyridine rings is 1. The fraction of sp³-hybridized carbons (Fsp3) is 0.459. The third-order valence-corrected chi connectivity index (χ3v) is 12.3. The molecule has 1 N–H and O–H groups in total. The number of carbonyl (C=O) groups is 2. The van der Waals surface area contributed by atoms with Crippen LogP contribution in [0.2, 0.25) is 0 Å². The van der Waals surface area contributed by atoms with E-state index in [1.165, 1.54) is 23.3 Å². The lowest BCUT2D eigenvalue weighted by Gasteiger charge is -2.32. The molecule has 2 aliphatic rings. The van der Waals surface area contributed by atoms with Gasteiger partial charge in [-0.3, -0.25) is 4.79 Å². The van der Waals surface area contributed by atoms with Crippen molar-refractivity contribution in [2.45, 2.75) is 71.3 Å². The van der Waals surface area contributed by atoms with E-state index in [1.807, 2.05) is 25.8 Å². The Hall–Kier alpha value is -3.60. The Morgan fingerprint density at radius 1 is 1.00 bits per heavy atom. The van der Waals surface area contributed by atoms with Gasteiger partial charge < -0.3 is 19.5 Å². The zero-order valence-electron chi connectivity index (χ0n) is 27.7. The normalized spacial score (nSPS) is 17.9. The van der Waals surface area contributed by atoms with E-state index in [1.54, 1.807) is 17.4 Å². The molecule has 4 aromatic heterocycles. The molecule has 1 saturated heterocycles. The quantitative estimate of drug-likeness (QED) is 0.179. The van der Waals surface area contributed by atoms with Crippen LogP contribution >= 0.6 is 22.7 Å². The molecular weight excluding hydrogens is 627 g/mol. The van der Waals surface area contributed by atoms with Gasteiger partial charge in [-0.2, -0.15) is 0 Å². The van der Waals surface area contributed by atoms with Crippen LogP contribution in [0, 0.1) is 19.8 Å². The lowest BCUT2D eigenvalue weighted by Crippen LogP contribution is -2.40. The summed E-state index contributed by atoms with van der Waals surface area (Å²) in [5, 5.41) is 12.1. The van der Waals surface area contributed by atoms with Crippen LogP contribution in [0.5, 0.6) is 0 Å². The molecule has 0 bridgehead atoms.